The van der Waals surface area contributed by atoms with E-state index < -0.39 is 28.0 Å². The number of hydroxylamine groups is 1. The minimum absolute atomic E-state index is 0.0125. The first-order valence-corrected chi connectivity index (χ1v) is 10.2. The summed E-state index contributed by atoms with van der Waals surface area (Å²) in [4.78, 5) is 29.9. The van der Waals surface area contributed by atoms with Crippen LogP contribution >= 0.6 is 11.3 Å². The van der Waals surface area contributed by atoms with Crippen LogP contribution in [-0.2, 0) is 30.9 Å². The van der Waals surface area contributed by atoms with Crippen molar-refractivity contribution in [3.05, 3.63) is 52.2 Å². The quantitative estimate of drug-likeness (QED) is 0.524. The largest absolute Gasteiger partial charge is 0.449 e. The number of esters is 1. The SMILES string of the molecule is CON(C)S(=O)(=O)c1cccc(C(=O)OC(C)C(=O)NCc2cccs2)c1. The second-order valence-electron chi connectivity index (χ2n) is 5.47. The third kappa shape index (κ3) is 5.36. The molecule has 1 heterocycles. The van der Waals surface area contributed by atoms with Gasteiger partial charge in [0, 0.05) is 11.9 Å². The second-order valence-corrected chi connectivity index (χ2v) is 8.44. The summed E-state index contributed by atoms with van der Waals surface area (Å²) in [6.07, 6.45) is -1.03. The number of thiophene rings is 1. The van der Waals surface area contributed by atoms with Crippen LogP contribution in [0.25, 0.3) is 0 Å². The zero-order valence-electron chi connectivity index (χ0n) is 15.0. The molecule has 0 aliphatic rings. The van der Waals surface area contributed by atoms with E-state index >= 15 is 0 Å². The predicted octanol–water partition coefficient (Wildman–Crippen LogP) is 1.79. The summed E-state index contributed by atoms with van der Waals surface area (Å²) in [5.74, 6) is -1.24. The summed E-state index contributed by atoms with van der Waals surface area (Å²) in [5.41, 5.74) is 0.0125. The number of carbonyl (C=O) groups excluding carboxylic acids is 2. The molecule has 1 atom stereocenters. The number of carbonyl (C=O) groups is 2. The first-order chi connectivity index (χ1) is 12.8. The van der Waals surface area contributed by atoms with Crippen LogP contribution in [0.15, 0.2) is 46.7 Å². The van der Waals surface area contributed by atoms with Crippen LogP contribution in [0.1, 0.15) is 22.2 Å². The number of rotatable bonds is 8. The molecule has 0 saturated carbocycles. The Kier molecular flexibility index (Phi) is 7.08. The van der Waals surface area contributed by atoms with Gasteiger partial charge in [0.05, 0.1) is 24.1 Å². The minimum Gasteiger partial charge on any atom is -0.449 e. The van der Waals surface area contributed by atoms with Gasteiger partial charge in [-0.25, -0.2) is 13.2 Å². The summed E-state index contributed by atoms with van der Waals surface area (Å²) < 4.78 is 30.3. The van der Waals surface area contributed by atoms with E-state index in [9.17, 15) is 18.0 Å². The van der Waals surface area contributed by atoms with E-state index in [2.05, 4.69) is 5.32 Å². The van der Waals surface area contributed by atoms with Crippen molar-refractivity contribution in [2.24, 2.45) is 0 Å². The maximum absolute atomic E-state index is 12.3. The van der Waals surface area contributed by atoms with Gasteiger partial charge in [-0.2, -0.15) is 0 Å². The summed E-state index contributed by atoms with van der Waals surface area (Å²) in [5, 5.41) is 4.57. The van der Waals surface area contributed by atoms with Crippen molar-refractivity contribution < 1.29 is 27.6 Å². The van der Waals surface area contributed by atoms with Crippen molar-refractivity contribution in [3.63, 3.8) is 0 Å². The summed E-state index contributed by atoms with van der Waals surface area (Å²) in [6, 6.07) is 9.07. The molecular weight excluding hydrogens is 392 g/mol. The van der Waals surface area contributed by atoms with Crippen LogP contribution in [0.5, 0.6) is 0 Å². The maximum Gasteiger partial charge on any atom is 0.338 e. The molecule has 1 aromatic heterocycles. The van der Waals surface area contributed by atoms with E-state index in [1.54, 1.807) is 0 Å². The molecule has 1 amide bonds. The molecule has 2 rings (SSSR count). The van der Waals surface area contributed by atoms with Gasteiger partial charge in [0.25, 0.3) is 15.9 Å². The molecular formula is C17H20N2O6S2. The Hall–Kier alpha value is -2.27. The van der Waals surface area contributed by atoms with Gasteiger partial charge in [-0.1, -0.05) is 16.6 Å². The lowest BCUT2D eigenvalue weighted by Gasteiger charge is -2.15. The Morgan fingerprint density at radius 1 is 1.26 bits per heavy atom. The molecule has 1 aromatic carbocycles. The second kappa shape index (κ2) is 9.09. The average molecular weight is 412 g/mol. The lowest BCUT2D eigenvalue weighted by molar-refractivity contribution is -0.129. The van der Waals surface area contributed by atoms with Crippen LogP contribution in [0.2, 0.25) is 0 Å². The Bertz CT molecular complexity index is 896. The number of amides is 1. The molecule has 0 spiro atoms. The van der Waals surface area contributed by atoms with Crippen molar-refractivity contribution >= 4 is 33.2 Å². The molecule has 2 aromatic rings. The lowest BCUT2D eigenvalue weighted by atomic mass is 10.2. The van der Waals surface area contributed by atoms with Crippen LogP contribution in [0.4, 0.5) is 0 Å². The molecule has 0 saturated heterocycles. The van der Waals surface area contributed by atoms with E-state index in [4.69, 9.17) is 9.57 Å². The number of benzene rings is 1. The molecule has 0 fully saturated rings. The predicted molar refractivity (Wildman–Crippen MR) is 99.4 cm³/mol. The monoisotopic (exact) mass is 412 g/mol. The number of sulfonamides is 1. The first kappa shape index (κ1) is 21.0. The number of hydrogen-bond donors (Lipinski definition) is 1. The zero-order chi connectivity index (χ0) is 20.0. The van der Waals surface area contributed by atoms with Gasteiger partial charge in [0.15, 0.2) is 6.10 Å². The summed E-state index contributed by atoms with van der Waals surface area (Å²) in [7, 11) is -1.45. The van der Waals surface area contributed by atoms with Crippen molar-refractivity contribution in [1.29, 1.82) is 0 Å². The number of hydrogen-bond acceptors (Lipinski definition) is 7. The molecule has 0 radical (unpaired) electrons. The highest BCUT2D eigenvalue weighted by molar-refractivity contribution is 7.89. The molecule has 10 heteroatoms. The van der Waals surface area contributed by atoms with E-state index in [0.29, 0.717) is 11.0 Å². The van der Waals surface area contributed by atoms with Crippen molar-refractivity contribution in [1.82, 2.24) is 9.79 Å². The van der Waals surface area contributed by atoms with Crippen molar-refractivity contribution in [2.45, 2.75) is 24.5 Å². The van der Waals surface area contributed by atoms with Crippen molar-refractivity contribution in [2.75, 3.05) is 14.2 Å². The zero-order valence-corrected chi connectivity index (χ0v) is 16.7. The Morgan fingerprint density at radius 3 is 2.63 bits per heavy atom. The number of nitrogens with zero attached hydrogens (tertiary/aromatic N) is 1. The summed E-state index contributed by atoms with van der Waals surface area (Å²) in [6.45, 7) is 1.79. The van der Waals surface area contributed by atoms with Crippen molar-refractivity contribution in [3.8, 4) is 0 Å². The fraction of sp³-hybridized carbons (Fsp3) is 0.294. The number of nitrogens with one attached hydrogen (secondary N) is 1. The molecule has 8 nitrogen and oxygen atoms in total. The van der Waals surface area contributed by atoms with Crippen LogP contribution in [-0.4, -0.2) is 45.0 Å². The number of ether oxygens (including phenoxy) is 1. The Labute approximate surface area is 161 Å². The Morgan fingerprint density at radius 2 is 2.00 bits per heavy atom. The van der Waals surface area contributed by atoms with E-state index in [0.717, 1.165) is 4.88 Å². The standard InChI is InChI=1S/C17H20N2O6S2/c1-12(16(20)18-11-14-7-5-9-26-14)25-17(21)13-6-4-8-15(10-13)27(22,23)19(2)24-3/h4-10,12H,11H2,1-3H3,(H,18,20). The van der Waals surface area contributed by atoms with E-state index in [1.807, 2.05) is 17.5 Å². The van der Waals surface area contributed by atoms with Gasteiger partial charge in [-0.3, -0.25) is 9.63 Å². The highest BCUT2D eigenvalue weighted by Crippen LogP contribution is 2.17. The third-order valence-corrected chi connectivity index (χ3v) is 6.19. The molecule has 0 aliphatic carbocycles. The normalized spacial score (nSPS) is 12.6. The molecule has 1 N–H and O–H groups in total. The third-order valence-electron chi connectivity index (χ3n) is 3.63. The van der Waals surface area contributed by atoms with Gasteiger partial charge >= 0.3 is 5.97 Å². The molecule has 146 valence electrons. The molecule has 0 aliphatic heterocycles. The van der Waals surface area contributed by atoms with Gasteiger partial charge in [-0.15, -0.1) is 11.3 Å². The maximum atomic E-state index is 12.3. The van der Waals surface area contributed by atoms with Crippen LogP contribution < -0.4 is 5.32 Å². The van der Waals surface area contributed by atoms with Crippen LogP contribution in [0.3, 0.4) is 0 Å². The molecule has 0 bridgehead atoms. The molecule has 1 unspecified atom stereocenters. The smallest absolute Gasteiger partial charge is 0.338 e. The molecule has 27 heavy (non-hydrogen) atoms. The highest BCUT2D eigenvalue weighted by Gasteiger charge is 2.24. The van der Waals surface area contributed by atoms with Gasteiger partial charge in [0.2, 0.25) is 0 Å². The van der Waals surface area contributed by atoms with Gasteiger partial charge in [-0.05, 0) is 36.6 Å². The van der Waals surface area contributed by atoms with E-state index in [1.165, 1.54) is 56.7 Å². The summed E-state index contributed by atoms with van der Waals surface area (Å²) >= 11 is 1.50. The Balaban J connectivity index is 2.03. The average Bonchev–Trinajstić information content (AvgIpc) is 3.18. The fourth-order valence-corrected chi connectivity index (χ4v) is 3.71. The van der Waals surface area contributed by atoms with E-state index in [-0.39, 0.29) is 10.5 Å². The lowest BCUT2D eigenvalue weighted by Crippen LogP contribution is -2.35. The van der Waals surface area contributed by atoms with Gasteiger partial charge < -0.3 is 10.1 Å². The van der Waals surface area contributed by atoms with Crippen LogP contribution in [0, 0.1) is 0 Å². The topological polar surface area (TPSA) is 102 Å². The highest BCUT2D eigenvalue weighted by atomic mass is 32.2. The van der Waals surface area contributed by atoms with Gasteiger partial charge in [0.1, 0.15) is 0 Å². The fourth-order valence-electron chi connectivity index (χ4n) is 2.04. The minimum atomic E-state index is -3.90. The first-order valence-electron chi connectivity index (χ1n) is 7.90.